The zero-order valence-electron chi connectivity index (χ0n) is 7.53. The average molecular weight is 164 g/mol. The van der Waals surface area contributed by atoms with E-state index >= 15 is 0 Å². The molecule has 0 amide bonds. The summed E-state index contributed by atoms with van der Waals surface area (Å²) in [5, 5.41) is 0. The van der Waals surface area contributed by atoms with Gasteiger partial charge < -0.3 is 10.6 Å². The van der Waals surface area contributed by atoms with Crippen molar-refractivity contribution in [1.29, 1.82) is 0 Å². The number of rotatable bonds is 3. The van der Waals surface area contributed by atoms with Crippen molar-refractivity contribution in [2.24, 2.45) is 5.73 Å². The molecule has 0 saturated heterocycles. The third-order valence-electron chi connectivity index (χ3n) is 2.10. The molecule has 1 aliphatic rings. The molecule has 0 spiro atoms. The number of nitrogens with two attached hydrogens (primary N) is 1. The fraction of sp³-hybridized carbons (Fsp3) is 0.400. The second-order valence-corrected chi connectivity index (χ2v) is 2.91. The number of nitrogens with zero attached hydrogens (tertiary/aromatic N) is 1. The van der Waals surface area contributed by atoms with Crippen LogP contribution in [0.3, 0.4) is 0 Å². The van der Waals surface area contributed by atoms with E-state index in [1.165, 1.54) is 5.57 Å². The summed E-state index contributed by atoms with van der Waals surface area (Å²) in [6, 6.07) is 0.188. The minimum absolute atomic E-state index is 0.188. The smallest absolute Gasteiger partial charge is 0.0406 e. The summed E-state index contributed by atoms with van der Waals surface area (Å²) in [7, 11) is 0. The molecule has 0 aromatic carbocycles. The van der Waals surface area contributed by atoms with Crippen molar-refractivity contribution in [3.05, 3.63) is 36.7 Å². The van der Waals surface area contributed by atoms with Gasteiger partial charge in [-0.1, -0.05) is 19.6 Å². The molecule has 0 aromatic heterocycles. The van der Waals surface area contributed by atoms with Crippen molar-refractivity contribution in [3.8, 4) is 0 Å². The number of hydrogen-bond donors (Lipinski definition) is 1. The fourth-order valence-corrected chi connectivity index (χ4v) is 1.17. The van der Waals surface area contributed by atoms with E-state index in [4.69, 9.17) is 5.73 Å². The van der Waals surface area contributed by atoms with Gasteiger partial charge in [0.1, 0.15) is 0 Å². The Morgan fingerprint density at radius 3 is 3.00 bits per heavy atom. The van der Waals surface area contributed by atoms with Crippen LogP contribution in [0.4, 0.5) is 0 Å². The Balaban J connectivity index is 2.57. The summed E-state index contributed by atoms with van der Waals surface area (Å²) in [6.07, 6.45) is 9.01. The van der Waals surface area contributed by atoms with E-state index in [0.29, 0.717) is 0 Å². The first-order chi connectivity index (χ1) is 5.77. The molecule has 0 unspecified atom stereocenters. The summed E-state index contributed by atoms with van der Waals surface area (Å²) in [6.45, 7) is 6.68. The van der Waals surface area contributed by atoms with Crippen molar-refractivity contribution in [3.63, 3.8) is 0 Å². The van der Waals surface area contributed by atoms with E-state index in [1.54, 1.807) is 6.20 Å². The van der Waals surface area contributed by atoms with Crippen molar-refractivity contribution in [2.45, 2.75) is 19.4 Å². The van der Waals surface area contributed by atoms with Crippen LogP contribution in [-0.2, 0) is 0 Å². The van der Waals surface area contributed by atoms with Gasteiger partial charge in [-0.2, -0.15) is 0 Å². The van der Waals surface area contributed by atoms with Crippen LogP contribution in [0.1, 0.15) is 13.3 Å². The van der Waals surface area contributed by atoms with E-state index in [-0.39, 0.29) is 6.04 Å². The highest BCUT2D eigenvalue weighted by Crippen LogP contribution is 2.11. The third kappa shape index (κ3) is 1.98. The van der Waals surface area contributed by atoms with Crippen molar-refractivity contribution in [1.82, 2.24) is 4.90 Å². The van der Waals surface area contributed by atoms with Crippen molar-refractivity contribution >= 4 is 0 Å². The first-order valence-corrected chi connectivity index (χ1v) is 4.30. The van der Waals surface area contributed by atoms with Crippen LogP contribution in [0.15, 0.2) is 36.7 Å². The molecular formula is C10H16N2. The zero-order chi connectivity index (χ0) is 8.97. The van der Waals surface area contributed by atoms with Gasteiger partial charge in [0.05, 0.1) is 0 Å². The summed E-state index contributed by atoms with van der Waals surface area (Å²) < 4.78 is 0. The SMILES string of the molecule is C=CN1C=CC([C@@H](N)CC)=CC1. The maximum absolute atomic E-state index is 5.87. The number of hydrogen-bond acceptors (Lipinski definition) is 2. The lowest BCUT2D eigenvalue weighted by Crippen LogP contribution is -2.24. The molecule has 2 N–H and O–H groups in total. The Kier molecular flexibility index (Phi) is 3.11. The van der Waals surface area contributed by atoms with Gasteiger partial charge in [0.2, 0.25) is 0 Å². The van der Waals surface area contributed by atoms with Crippen molar-refractivity contribution < 1.29 is 0 Å². The topological polar surface area (TPSA) is 29.3 Å². The van der Waals surface area contributed by atoms with Gasteiger partial charge in [-0.25, -0.2) is 0 Å². The van der Waals surface area contributed by atoms with Crippen LogP contribution < -0.4 is 5.73 Å². The lowest BCUT2D eigenvalue weighted by molar-refractivity contribution is 0.552. The molecule has 2 heteroatoms. The van der Waals surface area contributed by atoms with Crippen LogP contribution in [-0.4, -0.2) is 17.5 Å². The summed E-state index contributed by atoms with van der Waals surface area (Å²) in [5.41, 5.74) is 7.10. The Morgan fingerprint density at radius 1 is 1.83 bits per heavy atom. The molecule has 0 fully saturated rings. The normalized spacial score (nSPS) is 18.8. The zero-order valence-corrected chi connectivity index (χ0v) is 7.53. The fourth-order valence-electron chi connectivity index (χ4n) is 1.17. The highest BCUT2D eigenvalue weighted by atomic mass is 15.1. The summed E-state index contributed by atoms with van der Waals surface area (Å²) >= 11 is 0. The van der Waals surface area contributed by atoms with Crippen LogP contribution >= 0.6 is 0 Å². The molecule has 1 aliphatic heterocycles. The molecule has 66 valence electrons. The second kappa shape index (κ2) is 4.12. The van der Waals surface area contributed by atoms with Gasteiger partial charge in [0, 0.05) is 18.8 Å². The minimum Gasteiger partial charge on any atom is -0.351 e. The Labute approximate surface area is 74.0 Å². The van der Waals surface area contributed by atoms with E-state index < -0.39 is 0 Å². The molecule has 1 heterocycles. The van der Waals surface area contributed by atoms with Gasteiger partial charge >= 0.3 is 0 Å². The van der Waals surface area contributed by atoms with Crippen LogP contribution in [0.25, 0.3) is 0 Å². The van der Waals surface area contributed by atoms with Crippen molar-refractivity contribution in [2.75, 3.05) is 6.54 Å². The highest BCUT2D eigenvalue weighted by Gasteiger charge is 2.07. The predicted octanol–water partition coefficient (Wildman–Crippen LogP) is 1.62. The summed E-state index contributed by atoms with van der Waals surface area (Å²) in [4.78, 5) is 2.02. The predicted molar refractivity (Wildman–Crippen MR) is 52.4 cm³/mol. The first-order valence-electron chi connectivity index (χ1n) is 4.30. The summed E-state index contributed by atoms with van der Waals surface area (Å²) in [5.74, 6) is 0. The minimum atomic E-state index is 0.188. The largest absolute Gasteiger partial charge is 0.351 e. The lowest BCUT2D eigenvalue weighted by Gasteiger charge is -2.20. The van der Waals surface area contributed by atoms with E-state index in [9.17, 15) is 0 Å². The molecular weight excluding hydrogens is 148 g/mol. The van der Waals surface area contributed by atoms with E-state index in [2.05, 4.69) is 25.7 Å². The quantitative estimate of drug-likeness (QED) is 0.687. The van der Waals surface area contributed by atoms with Crippen LogP contribution in [0, 0.1) is 0 Å². The van der Waals surface area contributed by atoms with E-state index in [1.807, 2.05) is 11.1 Å². The molecule has 12 heavy (non-hydrogen) atoms. The monoisotopic (exact) mass is 164 g/mol. The Morgan fingerprint density at radius 2 is 2.58 bits per heavy atom. The van der Waals surface area contributed by atoms with Gasteiger partial charge in [0.25, 0.3) is 0 Å². The molecule has 0 saturated carbocycles. The standard InChI is InChI=1S/C10H16N2/c1-3-10(11)9-5-7-12(4-2)8-6-9/h4-7,10H,2-3,8,11H2,1H3/t10-/m0/s1. The molecule has 0 radical (unpaired) electrons. The Hall–Kier alpha value is -1.02. The maximum Gasteiger partial charge on any atom is 0.0406 e. The molecule has 1 atom stereocenters. The van der Waals surface area contributed by atoms with Crippen LogP contribution in [0.2, 0.25) is 0 Å². The van der Waals surface area contributed by atoms with Gasteiger partial charge in [0.15, 0.2) is 0 Å². The second-order valence-electron chi connectivity index (χ2n) is 2.91. The highest BCUT2D eigenvalue weighted by molar-refractivity contribution is 5.27. The van der Waals surface area contributed by atoms with E-state index in [0.717, 1.165) is 13.0 Å². The molecule has 1 rings (SSSR count). The molecule has 0 bridgehead atoms. The third-order valence-corrected chi connectivity index (χ3v) is 2.10. The lowest BCUT2D eigenvalue weighted by atomic mass is 10.0. The maximum atomic E-state index is 5.87. The molecule has 0 aliphatic carbocycles. The first kappa shape index (κ1) is 9.07. The van der Waals surface area contributed by atoms with Crippen LogP contribution in [0.5, 0.6) is 0 Å². The van der Waals surface area contributed by atoms with Gasteiger partial charge in [-0.3, -0.25) is 0 Å². The van der Waals surface area contributed by atoms with Gasteiger partial charge in [-0.05, 0) is 24.3 Å². The average Bonchev–Trinajstić information content (AvgIpc) is 2.17. The molecule has 0 aromatic rings. The Bertz CT molecular complexity index is 216. The van der Waals surface area contributed by atoms with Gasteiger partial charge in [-0.15, -0.1) is 0 Å². The molecule has 2 nitrogen and oxygen atoms in total.